The molecule has 2 heteroatoms. The molecule has 0 saturated heterocycles. The Bertz CT molecular complexity index is 612. The van der Waals surface area contributed by atoms with Gasteiger partial charge in [0.15, 0.2) is 0 Å². The van der Waals surface area contributed by atoms with Gasteiger partial charge in [0, 0.05) is 0 Å². The third-order valence-corrected chi connectivity index (χ3v) is 3.15. The molecule has 0 spiro atoms. The number of rotatable bonds is 4. The van der Waals surface area contributed by atoms with Gasteiger partial charge in [0.05, 0.1) is 5.57 Å². The van der Waals surface area contributed by atoms with Crippen LogP contribution >= 0.6 is 0 Å². The number of benzene rings is 2. The van der Waals surface area contributed by atoms with Gasteiger partial charge in [-0.2, -0.15) is 0 Å². The van der Waals surface area contributed by atoms with Crippen LogP contribution in [0.1, 0.15) is 25.0 Å². The molecule has 0 amide bonds. The van der Waals surface area contributed by atoms with E-state index in [0.717, 1.165) is 17.5 Å². The van der Waals surface area contributed by atoms with Crippen molar-refractivity contribution in [3.05, 3.63) is 71.8 Å². The normalized spacial score (nSPS) is 11.2. The van der Waals surface area contributed by atoms with Crippen molar-refractivity contribution in [1.29, 1.82) is 0 Å². The number of carbonyl (C=O) groups is 1. The van der Waals surface area contributed by atoms with E-state index >= 15 is 0 Å². The maximum Gasteiger partial charge on any atom is 0.343 e. The fourth-order valence-corrected chi connectivity index (χ4v) is 2.13. The second kappa shape index (κ2) is 6.71. The number of hydrogen-bond acceptors (Lipinski definition) is 2. The van der Waals surface area contributed by atoms with E-state index in [4.69, 9.17) is 4.74 Å². The van der Waals surface area contributed by atoms with Gasteiger partial charge >= 0.3 is 5.97 Å². The molecule has 0 saturated carbocycles. The molecular weight excluding hydrogens is 248 g/mol. The third kappa shape index (κ3) is 3.15. The van der Waals surface area contributed by atoms with E-state index in [9.17, 15) is 4.79 Å². The molecule has 0 aromatic heterocycles. The maximum atomic E-state index is 12.3. The molecule has 20 heavy (non-hydrogen) atoms. The Hall–Kier alpha value is -2.35. The lowest BCUT2D eigenvalue weighted by atomic mass is 9.98. The summed E-state index contributed by atoms with van der Waals surface area (Å²) in [5, 5.41) is 0. The van der Waals surface area contributed by atoms with Gasteiger partial charge in [-0.05, 0) is 36.6 Å². The van der Waals surface area contributed by atoms with E-state index in [-0.39, 0.29) is 5.97 Å². The van der Waals surface area contributed by atoms with Crippen molar-refractivity contribution in [2.75, 3.05) is 0 Å². The summed E-state index contributed by atoms with van der Waals surface area (Å²) in [5.41, 5.74) is 2.69. The van der Waals surface area contributed by atoms with Crippen molar-refractivity contribution in [2.24, 2.45) is 0 Å². The molecule has 2 rings (SSSR count). The number of ether oxygens (including phenoxy) is 1. The SMILES string of the molecule is CC=C(C(=O)Oc1ccccc1)c1ccccc1CC. The second-order valence-corrected chi connectivity index (χ2v) is 4.42. The van der Waals surface area contributed by atoms with Crippen molar-refractivity contribution >= 4 is 11.5 Å². The first-order chi connectivity index (χ1) is 9.76. The highest BCUT2D eigenvalue weighted by Crippen LogP contribution is 2.22. The predicted octanol–water partition coefficient (Wildman–Crippen LogP) is 4.26. The lowest BCUT2D eigenvalue weighted by Gasteiger charge is -2.11. The molecule has 0 atom stereocenters. The van der Waals surface area contributed by atoms with Crippen LogP contribution in [0, 0.1) is 0 Å². The summed E-state index contributed by atoms with van der Waals surface area (Å²) >= 11 is 0. The first kappa shape index (κ1) is 14.1. The van der Waals surface area contributed by atoms with E-state index in [1.807, 2.05) is 49.4 Å². The molecule has 2 aromatic rings. The zero-order valence-electron chi connectivity index (χ0n) is 11.8. The van der Waals surface area contributed by atoms with Gasteiger partial charge in [-0.3, -0.25) is 0 Å². The molecule has 0 aliphatic carbocycles. The van der Waals surface area contributed by atoms with Crippen LogP contribution in [-0.2, 0) is 11.2 Å². The molecule has 0 unspecified atom stereocenters. The van der Waals surface area contributed by atoms with Crippen molar-refractivity contribution in [3.63, 3.8) is 0 Å². The van der Waals surface area contributed by atoms with Crippen LogP contribution in [0.15, 0.2) is 60.7 Å². The fraction of sp³-hybridized carbons (Fsp3) is 0.167. The number of carbonyl (C=O) groups excluding carboxylic acids is 1. The van der Waals surface area contributed by atoms with Crippen LogP contribution < -0.4 is 4.74 Å². The molecule has 0 aliphatic heterocycles. The standard InChI is InChI=1S/C18H18O2/c1-3-14-10-8-9-13-17(14)16(4-2)18(19)20-15-11-6-5-7-12-15/h4-13H,3H2,1-2H3. The Morgan fingerprint density at radius 1 is 1.05 bits per heavy atom. The number of hydrogen-bond donors (Lipinski definition) is 0. The van der Waals surface area contributed by atoms with E-state index < -0.39 is 0 Å². The van der Waals surface area contributed by atoms with Crippen molar-refractivity contribution in [2.45, 2.75) is 20.3 Å². The van der Waals surface area contributed by atoms with E-state index in [1.54, 1.807) is 18.2 Å². The average Bonchev–Trinajstić information content (AvgIpc) is 2.49. The monoisotopic (exact) mass is 266 g/mol. The first-order valence-corrected chi connectivity index (χ1v) is 6.78. The average molecular weight is 266 g/mol. The number of aryl methyl sites for hydroxylation is 1. The number of allylic oxidation sites excluding steroid dienone is 1. The summed E-state index contributed by atoms with van der Waals surface area (Å²) in [5.74, 6) is 0.241. The lowest BCUT2D eigenvalue weighted by molar-refractivity contribution is -0.127. The third-order valence-electron chi connectivity index (χ3n) is 3.15. The van der Waals surface area contributed by atoms with Gasteiger partial charge < -0.3 is 4.74 Å². The molecule has 0 bridgehead atoms. The highest BCUT2D eigenvalue weighted by Gasteiger charge is 2.15. The highest BCUT2D eigenvalue weighted by atomic mass is 16.5. The summed E-state index contributed by atoms with van der Waals surface area (Å²) in [7, 11) is 0. The molecule has 0 N–H and O–H groups in total. The van der Waals surface area contributed by atoms with Crippen LogP contribution in [0.3, 0.4) is 0 Å². The molecule has 2 nitrogen and oxygen atoms in total. The Kier molecular flexibility index (Phi) is 4.72. The lowest BCUT2D eigenvalue weighted by Crippen LogP contribution is -2.11. The highest BCUT2D eigenvalue weighted by molar-refractivity contribution is 6.17. The molecule has 0 aliphatic rings. The van der Waals surface area contributed by atoms with Gasteiger partial charge in [0.1, 0.15) is 5.75 Å². The van der Waals surface area contributed by atoms with Crippen molar-refractivity contribution in [1.82, 2.24) is 0 Å². The summed E-state index contributed by atoms with van der Waals surface area (Å²) < 4.78 is 5.41. The number of esters is 1. The summed E-state index contributed by atoms with van der Waals surface area (Å²) in [4.78, 5) is 12.3. The first-order valence-electron chi connectivity index (χ1n) is 6.78. The Labute approximate surface area is 119 Å². The van der Waals surface area contributed by atoms with Gasteiger partial charge in [-0.25, -0.2) is 4.79 Å². The van der Waals surface area contributed by atoms with E-state index in [1.165, 1.54) is 0 Å². The molecule has 0 heterocycles. The quantitative estimate of drug-likeness (QED) is 0.469. The van der Waals surface area contributed by atoms with E-state index in [2.05, 4.69) is 6.92 Å². The smallest absolute Gasteiger partial charge is 0.343 e. The van der Waals surface area contributed by atoms with Crippen LogP contribution in [0.4, 0.5) is 0 Å². The van der Waals surface area contributed by atoms with Crippen LogP contribution in [0.2, 0.25) is 0 Å². The van der Waals surface area contributed by atoms with Crippen LogP contribution in [0.5, 0.6) is 5.75 Å². The topological polar surface area (TPSA) is 26.3 Å². The fourth-order valence-electron chi connectivity index (χ4n) is 2.13. The van der Waals surface area contributed by atoms with Gasteiger partial charge in [-0.1, -0.05) is 55.5 Å². The maximum absolute atomic E-state index is 12.3. The van der Waals surface area contributed by atoms with Crippen LogP contribution in [0.25, 0.3) is 5.57 Å². The summed E-state index contributed by atoms with van der Waals surface area (Å²) in [6.45, 7) is 3.93. The van der Waals surface area contributed by atoms with Gasteiger partial charge in [0.25, 0.3) is 0 Å². The summed E-state index contributed by atoms with van der Waals surface area (Å²) in [6.07, 6.45) is 2.69. The van der Waals surface area contributed by atoms with Gasteiger partial charge in [0.2, 0.25) is 0 Å². The Morgan fingerprint density at radius 2 is 1.70 bits per heavy atom. The minimum atomic E-state index is -0.320. The molecule has 0 fully saturated rings. The Morgan fingerprint density at radius 3 is 2.35 bits per heavy atom. The molecule has 0 radical (unpaired) electrons. The van der Waals surface area contributed by atoms with Crippen molar-refractivity contribution < 1.29 is 9.53 Å². The summed E-state index contributed by atoms with van der Waals surface area (Å²) in [6, 6.07) is 17.0. The minimum absolute atomic E-state index is 0.320. The Balaban J connectivity index is 2.27. The molecular formula is C18H18O2. The molecule has 2 aromatic carbocycles. The second-order valence-electron chi connectivity index (χ2n) is 4.42. The van der Waals surface area contributed by atoms with Crippen LogP contribution in [-0.4, -0.2) is 5.97 Å². The molecule has 102 valence electrons. The zero-order valence-corrected chi connectivity index (χ0v) is 11.8. The van der Waals surface area contributed by atoms with Crippen molar-refractivity contribution in [3.8, 4) is 5.75 Å². The predicted molar refractivity (Wildman–Crippen MR) is 81.5 cm³/mol. The minimum Gasteiger partial charge on any atom is -0.423 e. The van der Waals surface area contributed by atoms with E-state index in [0.29, 0.717) is 11.3 Å². The largest absolute Gasteiger partial charge is 0.423 e. The zero-order chi connectivity index (χ0) is 14.4. The van der Waals surface area contributed by atoms with Gasteiger partial charge in [-0.15, -0.1) is 0 Å². The number of para-hydroxylation sites is 1.